The van der Waals surface area contributed by atoms with Crippen LogP contribution in [0.3, 0.4) is 0 Å². The summed E-state index contributed by atoms with van der Waals surface area (Å²) in [6, 6.07) is 48.4. The first-order chi connectivity index (χ1) is 24.8. The van der Waals surface area contributed by atoms with E-state index < -0.39 is 0 Å². The van der Waals surface area contributed by atoms with Crippen LogP contribution >= 0.6 is 0 Å². The summed E-state index contributed by atoms with van der Waals surface area (Å²) in [5.74, 6) is 2.20. The third-order valence-corrected chi connectivity index (χ3v) is 9.77. The van der Waals surface area contributed by atoms with E-state index in [0.29, 0.717) is 11.7 Å². The lowest BCUT2D eigenvalue weighted by Gasteiger charge is -2.17. The summed E-state index contributed by atoms with van der Waals surface area (Å²) in [7, 11) is 0. The Morgan fingerprint density at radius 3 is 2.14 bits per heavy atom. The zero-order chi connectivity index (χ0) is 33.0. The molecule has 0 aliphatic heterocycles. The van der Waals surface area contributed by atoms with E-state index in [0.717, 1.165) is 67.5 Å². The highest BCUT2D eigenvalue weighted by atomic mass is 16.3. The summed E-state index contributed by atoms with van der Waals surface area (Å²) in [5, 5.41) is 4.62. The first-order valence-corrected chi connectivity index (χ1v) is 17.0. The third kappa shape index (κ3) is 4.66. The van der Waals surface area contributed by atoms with Gasteiger partial charge in [0, 0.05) is 33.9 Å². The van der Waals surface area contributed by atoms with Crippen LogP contribution in [0.5, 0.6) is 0 Å². The molecular weight excluding hydrogens is 613 g/mol. The molecule has 0 radical (unpaired) electrons. The Morgan fingerprint density at radius 2 is 1.34 bits per heavy atom. The van der Waals surface area contributed by atoms with Gasteiger partial charge in [-0.2, -0.15) is 0 Å². The van der Waals surface area contributed by atoms with E-state index in [-0.39, 0.29) is 5.92 Å². The molecule has 0 saturated carbocycles. The fraction of sp³-hybridized carbons (Fsp3) is 0.0444. The van der Waals surface area contributed by atoms with Gasteiger partial charge in [0.05, 0.1) is 11.2 Å². The molecule has 0 saturated heterocycles. The van der Waals surface area contributed by atoms with E-state index in [4.69, 9.17) is 19.4 Å². The molecule has 0 amide bonds. The van der Waals surface area contributed by atoms with Crippen molar-refractivity contribution in [3.63, 3.8) is 0 Å². The molecule has 6 aromatic carbocycles. The van der Waals surface area contributed by atoms with Gasteiger partial charge in [0.1, 0.15) is 16.9 Å². The molecule has 50 heavy (non-hydrogen) atoms. The van der Waals surface area contributed by atoms with E-state index in [9.17, 15) is 0 Å². The van der Waals surface area contributed by atoms with Gasteiger partial charge in [-0.1, -0.05) is 127 Å². The molecule has 0 bridgehead atoms. The van der Waals surface area contributed by atoms with E-state index in [1.54, 1.807) is 0 Å². The molecule has 0 fully saturated rings. The summed E-state index contributed by atoms with van der Waals surface area (Å²) in [6.45, 7) is 0. The van der Waals surface area contributed by atoms with Gasteiger partial charge in [0.25, 0.3) is 0 Å². The Morgan fingerprint density at radius 1 is 0.600 bits per heavy atom. The zero-order valence-electron chi connectivity index (χ0n) is 27.1. The van der Waals surface area contributed by atoms with E-state index >= 15 is 0 Å². The number of fused-ring (bicyclic) bond motifs is 7. The molecule has 0 spiro atoms. The van der Waals surface area contributed by atoms with Crippen molar-refractivity contribution in [2.45, 2.75) is 12.3 Å². The predicted molar refractivity (Wildman–Crippen MR) is 203 cm³/mol. The standard InChI is InChI=1S/C45H30N4O/c1-4-12-29(13-5-1)30-20-22-33(23-21-30)44-46-38(32-15-6-2-7-16-32)28-40(48-44)49-39-27-24-31-14-10-11-19-35(31)41(39)36-25-26-37-43(42(36)49)50-45(47-37)34-17-8-3-9-18-34/h1-15,17-28,32H,16H2. The van der Waals surface area contributed by atoms with E-state index in [2.05, 4.69) is 132 Å². The maximum absolute atomic E-state index is 6.69. The Hall–Kier alpha value is -6.59. The molecule has 3 aromatic heterocycles. The molecule has 5 heteroatoms. The van der Waals surface area contributed by atoms with Crippen molar-refractivity contribution in [3.05, 3.63) is 170 Å². The first kappa shape index (κ1) is 28.4. The van der Waals surface area contributed by atoms with Gasteiger partial charge in [-0.05, 0) is 58.7 Å². The van der Waals surface area contributed by atoms with Crippen molar-refractivity contribution in [2.24, 2.45) is 0 Å². The van der Waals surface area contributed by atoms with Gasteiger partial charge in [-0.3, -0.25) is 4.57 Å². The SMILES string of the molecule is C1=CCC(c2cc(-n3c4ccc5ccccc5c4c4ccc5nc(-c6ccccc6)oc5c43)nc(-c3ccc(-c4ccccc4)cc3)n2)C=C1. The molecule has 9 aromatic rings. The molecule has 236 valence electrons. The van der Waals surface area contributed by atoms with E-state index in [1.807, 2.05) is 36.4 Å². The first-order valence-electron chi connectivity index (χ1n) is 17.0. The third-order valence-electron chi connectivity index (χ3n) is 9.77. The average molecular weight is 643 g/mol. The second-order valence-corrected chi connectivity index (χ2v) is 12.8. The van der Waals surface area contributed by atoms with Crippen molar-refractivity contribution in [1.82, 2.24) is 19.5 Å². The number of aromatic nitrogens is 4. The number of hydrogen-bond acceptors (Lipinski definition) is 4. The topological polar surface area (TPSA) is 56.7 Å². The van der Waals surface area contributed by atoms with Crippen LogP contribution < -0.4 is 0 Å². The van der Waals surface area contributed by atoms with Gasteiger partial charge < -0.3 is 4.42 Å². The normalized spacial score (nSPS) is 14.4. The van der Waals surface area contributed by atoms with Gasteiger partial charge in [0.15, 0.2) is 11.4 Å². The molecular formula is C45H30N4O. The largest absolute Gasteiger partial charge is 0.434 e. The smallest absolute Gasteiger partial charge is 0.227 e. The van der Waals surface area contributed by atoms with Crippen molar-refractivity contribution in [1.29, 1.82) is 0 Å². The number of allylic oxidation sites excluding steroid dienone is 4. The van der Waals surface area contributed by atoms with Crippen LogP contribution in [0, 0.1) is 0 Å². The lowest BCUT2D eigenvalue weighted by atomic mass is 9.96. The van der Waals surface area contributed by atoms with Gasteiger partial charge >= 0.3 is 0 Å². The maximum atomic E-state index is 6.69. The molecule has 3 heterocycles. The zero-order valence-corrected chi connectivity index (χ0v) is 27.1. The van der Waals surface area contributed by atoms with Gasteiger partial charge in [-0.15, -0.1) is 0 Å². The fourth-order valence-corrected chi connectivity index (χ4v) is 7.32. The number of rotatable bonds is 5. The molecule has 1 aliphatic carbocycles. The summed E-state index contributed by atoms with van der Waals surface area (Å²) in [4.78, 5) is 15.5. The van der Waals surface area contributed by atoms with Crippen LogP contribution in [0.4, 0.5) is 0 Å². The lowest BCUT2D eigenvalue weighted by molar-refractivity contribution is 0.621. The summed E-state index contributed by atoms with van der Waals surface area (Å²) < 4.78 is 8.95. The van der Waals surface area contributed by atoms with Crippen molar-refractivity contribution < 1.29 is 4.42 Å². The van der Waals surface area contributed by atoms with Gasteiger partial charge in [-0.25, -0.2) is 15.0 Å². The minimum atomic E-state index is 0.132. The second-order valence-electron chi connectivity index (χ2n) is 12.8. The highest BCUT2D eigenvalue weighted by Crippen LogP contribution is 2.41. The number of nitrogens with zero attached hydrogens (tertiary/aromatic N) is 4. The van der Waals surface area contributed by atoms with Crippen LogP contribution in [-0.4, -0.2) is 19.5 Å². The Labute approximate surface area is 288 Å². The van der Waals surface area contributed by atoms with Crippen molar-refractivity contribution >= 4 is 43.7 Å². The second kappa shape index (κ2) is 11.5. The number of benzene rings is 6. The average Bonchev–Trinajstić information content (AvgIpc) is 3.79. The summed E-state index contributed by atoms with van der Waals surface area (Å²) >= 11 is 0. The van der Waals surface area contributed by atoms with Crippen LogP contribution in [0.2, 0.25) is 0 Å². The van der Waals surface area contributed by atoms with E-state index in [1.165, 1.54) is 16.3 Å². The molecule has 5 nitrogen and oxygen atoms in total. The molecule has 0 N–H and O–H groups in total. The summed E-state index contributed by atoms with van der Waals surface area (Å²) in [5.41, 5.74) is 8.74. The Kier molecular flexibility index (Phi) is 6.56. The van der Waals surface area contributed by atoms with Crippen LogP contribution in [0.15, 0.2) is 168 Å². The molecule has 1 aliphatic rings. The minimum absolute atomic E-state index is 0.132. The predicted octanol–water partition coefficient (Wildman–Crippen LogP) is 11.5. The van der Waals surface area contributed by atoms with Crippen LogP contribution in [-0.2, 0) is 0 Å². The molecule has 10 rings (SSSR count). The van der Waals surface area contributed by atoms with Crippen LogP contribution in [0.1, 0.15) is 18.0 Å². The number of oxazole rings is 1. The summed E-state index contributed by atoms with van der Waals surface area (Å²) in [6.07, 6.45) is 9.53. The molecule has 1 atom stereocenters. The van der Waals surface area contributed by atoms with Gasteiger partial charge in [0.2, 0.25) is 5.89 Å². The highest BCUT2D eigenvalue weighted by molar-refractivity contribution is 6.25. The quantitative estimate of drug-likeness (QED) is 0.187. The Balaban J connectivity index is 1.26. The minimum Gasteiger partial charge on any atom is -0.434 e. The fourth-order valence-electron chi connectivity index (χ4n) is 7.32. The van der Waals surface area contributed by atoms with Crippen molar-refractivity contribution in [2.75, 3.05) is 0 Å². The maximum Gasteiger partial charge on any atom is 0.227 e. The van der Waals surface area contributed by atoms with Crippen molar-refractivity contribution in [3.8, 4) is 39.8 Å². The lowest BCUT2D eigenvalue weighted by Crippen LogP contribution is -2.07. The van der Waals surface area contributed by atoms with Crippen LogP contribution in [0.25, 0.3) is 83.5 Å². The monoisotopic (exact) mass is 642 g/mol. The highest BCUT2D eigenvalue weighted by Gasteiger charge is 2.23. The number of hydrogen-bond donors (Lipinski definition) is 0. The Bertz CT molecular complexity index is 2770. The molecule has 1 unspecified atom stereocenters.